The van der Waals surface area contributed by atoms with Gasteiger partial charge in [0.05, 0.1) is 6.33 Å². The van der Waals surface area contributed by atoms with Crippen molar-refractivity contribution in [3.05, 3.63) is 72.3 Å². The summed E-state index contributed by atoms with van der Waals surface area (Å²) in [6, 6.07) is 16.1. The quantitative estimate of drug-likeness (QED) is 0.283. The second kappa shape index (κ2) is 9.41. The summed E-state index contributed by atoms with van der Waals surface area (Å²) in [6.45, 7) is 4.50. The summed E-state index contributed by atoms with van der Waals surface area (Å²) in [5.74, 6) is 1.63. The van der Waals surface area contributed by atoms with Crippen molar-refractivity contribution < 1.29 is 14.2 Å². The molecule has 0 unspecified atom stereocenters. The minimum absolute atomic E-state index is 0.178. The minimum Gasteiger partial charge on any atom is -0.491 e. The van der Waals surface area contributed by atoms with Crippen LogP contribution in [0.5, 0.6) is 11.5 Å². The fourth-order valence-corrected chi connectivity index (χ4v) is 4.43. The Morgan fingerprint density at radius 3 is 2.36 bits per heavy atom. The lowest BCUT2D eigenvalue weighted by Crippen LogP contribution is -2.32. The van der Waals surface area contributed by atoms with E-state index in [1.165, 1.54) is 11.1 Å². The average molecular weight is 463 g/mol. The van der Waals surface area contributed by atoms with Gasteiger partial charge in [0.1, 0.15) is 53.4 Å². The van der Waals surface area contributed by atoms with Crippen LogP contribution < -0.4 is 9.47 Å². The molecule has 1 saturated heterocycles. The van der Waals surface area contributed by atoms with Crippen LogP contribution in [0.2, 0.25) is 0 Å². The number of fused-ring (bicyclic) bond motifs is 1. The summed E-state index contributed by atoms with van der Waals surface area (Å²) in [5.41, 5.74) is 3.92. The van der Waals surface area contributed by atoms with Crippen LogP contribution in [0, 0.1) is 13.8 Å². The molecular formula is C25H26N4O3S. The highest BCUT2D eigenvalue weighted by atomic mass is 32.2. The zero-order valence-corrected chi connectivity index (χ0v) is 19.7. The maximum Gasteiger partial charge on any atom is 0.166 e. The smallest absolute Gasteiger partial charge is 0.166 e. The molecule has 0 aliphatic carbocycles. The van der Waals surface area contributed by atoms with Crippen LogP contribution in [-0.4, -0.2) is 44.6 Å². The topological polar surface area (TPSA) is 71.3 Å². The van der Waals surface area contributed by atoms with Crippen molar-refractivity contribution in [2.24, 2.45) is 0 Å². The molecule has 0 spiro atoms. The van der Waals surface area contributed by atoms with Crippen molar-refractivity contribution in [3.8, 4) is 11.5 Å². The zero-order valence-electron chi connectivity index (χ0n) is 18.8. The molecule has 1 aliphatic rings. The first kappa shape index (κ1) is 21.7. The predicted octanol–water partition coefficient (Wildman–Crippen LogP) is 4.98. The standard InChI is InChI=1S/C25H26N4O3S/c1-16-4-8-18(9-5-16)30-13-21-20(31-19-10-6-17(2)7-11-19)12-22(32-21)29-15-28-23-24(29)26-14-27-25(23)33-3/h4-11,14-15,20-22H,12-13H2,1-3H3/t20-,21+,22+/m1/s1. The van der Waals surface area contributed by atoms with Gasteiger partial charge in [-0.3, -0.25) is 4.57 Å². The number of aryl methyl sites for hydroxylation is 2. The first-order valence-electron chi connectivity index (χ1n) is 10.9. The number of ether oxygens (including phenoxy) is 3. The monoisotopic (exact) mass is 462 g/mol. The Kier molecular flexibility index (Phi) is 6.20. The minimum atomic E-state index is -0.262. The molecule has 5 rings (SSSR count). The van der Waals surface area contributed by atoms with E-state index in [1.807, 2.05) is 59.4 Å². The number of nitrogens with zero attached hydrogens (tertiary/aromatic N) is 4. The van der Waals surface area contributed by atoms with E-state index in [9.17, 15) is 0 Å². The van der Waals surface area contributed by atoms with Crippen LogP contribution in [0.15, 0.2) is 66.2 Å². The lowest BCUT2D eigenvalue weighted by molar-refractivity contribution is -0.0341. The van der Waals surface area contributed by atoms with E-state index in [0.717, 1.165) is 27.7 Å². The molecule has 2 aromatic heterocycles. The molecule has 0 radical (unpaired) electrons. The molecule has 3 atom stereocenters. The Morgan fingerprint density at radius 1 is 0.970 bits per heavy atom. The maximum absolute atomic E-state index is 6.45. The summed E-state index contributed by atoms with van der Waals surface area (Å²) in [4.78, 5) is 13.3. The molecule has 0 amide bonds. The maximum atomic E-state index is 6.45. The van der Waals surface area contributed by atoms with Crippen LogP contribution in [0.4, 0.5) is 0 Å². The number of aromatic nitrogens is 4. The van der Waals surface area contributed by atoms with Crippen LogP contribution in [0.25, 0.3) is 11.2 Å². The number of hydrogen-bond acceptors (Lipinski definition) is 7. The third-order valence-corrected chi connectivity index (χ3v) is 6.44. The second-order valence-electron chi connectivity index (χ2n) is 8.17. The molecule has 4 aromatic rings. The highest BCUT2D eigenvalue weighted by Crippen LogP contribution is 2.34. The van der Waals surface area contributed by atoms with E-state index in [4.69, 9.17) is 14.2 Å². The molecule has 8 heteroatoms. The number of thioether (sulfide) groups is 1. The molecule has 7 nitrogen and oxygen atoms in total. The third kappa shape index (κ3) is 4.67. The normalized spacial score (nSPS) is 20.3. The predicted molar refractivity (Wildman–Crippen MR) is 128 cm³/mol. The first-order chi connectivity index (χ1) is 16.1. The Bertz CT molecular complexity index is 1230. The van der Waals surface area contributed by atoms with Crippen LogP contribution >= 0.6 is 11.8 Å². The summed E-state index contributed by atoms with van der Waals surface area (Å²) >= 11 is 1.55. The van der Waals surface area contributed by atoms with E-state index in [1.54, 1.807) is 24.4 Å². The van der Waals surface area contributed by atoms with E-state index in [0.29, 0.717) is 13.0 Å². The molecule has 33 heavy (non-hydrogen) atoms. The summed E-state index contributed by atoms with van der Waals surface area (Å²) in [7, 11) is 0. The zero-order chi connectivity index (χ0) is 22.8. The molecular weight excluding hydrogens is 436 g/mol. The molecule has 0 saturated carbocycles. The Hall–Kier alpha value is -3.10. The number of benzene rings is 2. The van der Waals surface area contributed by atoms with Crippen LogP contribution in [-0.2, 0) is 4.74 Å². The van der Waals surface area contributed by atoms with Gasteiger partial charge in [-0.1, -0.05) is 35.4 Å². The van der Waals surface area contributed by atoms with Crippen molar-refractivity contribution in [2.75, 3.05) is 12.9 Å². The van der Waals surface area contributed by atoms with Gasteiger partial charge in [0.2, 0.25) is 0 Å². The highest BCUT2D eigenvalue weighted by molar-refractivity contribution is 7.98. The number of rotatable bonds is 7. The van der Waals surface area contributed by atoms with Gasteiger partial charge in [-0.15, -0.1) is 11.8 Å². The Morgan fingerprint density at radius 2 is 1.67 bits per heavy atom. The van der Waals surface area contributed by atoms with Crippen molar-refractivity contribution in [3.63, 3.8) is 0 Å². The third-order valence-electron chi connectivity index (χ3n) is 5.75. The fraction of sp³-hybridized carbons (Fsp3) is 0.320. The van der Waals surface area contributed by atoms with Gasteiger partial charge in [-0.2, -0.15) is 0 Å². The SMILES string of the molecule is CSc1ncnc2c1ncn2[C@@H]1C[C@@H](Oc2ccc(C)cc2)[C@H](COc2ccc(C)cc2)O1. The van der Waals surface area contributed by atoms with Gasteiger partial charge in [0.25, 0.3) is 0 Å². The van der Waals surface area contributed by atoms with Crippen molar-refractivity contribution >= 4 is 22.9 Å². The van der Waals surface area contributed by atoms with E-state index >= 15 is 0 Å². The highest BCUT2D eigenvalue weighted by Gasteiger charge is 2.39. The van der Waals surface area contributed by atoms with Gasteiger partial charge >= 0.3 is 0 Å². The average Bonchev–Trinajstić information content (AvgIpc) is 3.44. The summed E-state index contributed by atoms with van der Waals surface area (Å²) < 4.78 is 20.8. The summed E-state index contributed by atoms with van der Waals surface area (Å²) in [5, 5.41) is 0.850. The number of imidazole rings is 1. The second-order valence-corrected chi connectivity index (χ2v) is 8.96. The first-order valence-corrected chi connectivity index (χ1v) is 12.1. The molecule has 170 valence electrons. The molecule has 1 aliphatic heterocycles. The Labute approximate surface area is 197 Å². The van der Waals surface area contributed by atoms with Gasteiger partial charge in [0.15, 0.2) is 5.65 Å². The van der Waals surface area contributed by atoms with Crippen LogP contribution in [0.1, 0.15) is 23.8 Å². The van der Waals surface area contributed by atoms with Crippen molar-refractivity contribution in [2.45, 2.75) is 43.7 Å². The van der Waals surface area contributed by atoms with Gasteiger partial charge in [0, 0.05) is 6.42 Å². The Balaban J connectivity index is 1.38. The van der Waals surface area contributed by atoms with Gasteiger partial charge in [-0.05, 0) is 44.4 Å². The van der Waals surface area contributed by atoms with Crippen LogP contribution in [0.3, 0.4) is 0 Å². The van der Waals surface area contributed by atoms with Gasteiger partial charge < -0.3 is 14.2 Å². The molecule has 3 heterocycles. The number of hydrogen-bond donors (Lipinski definition) is 0. The molecule has 0 N–H and O–H groups in total. The largest absolute Gasteiger partial charge is 0.491 e. The van der Waals surface area contributed by atoms with Crippen molar-refractivity contribution in [1.82, 2.24) is 19.5 Å². The van der Waals surface area contributed by atoms with E-state index < -0.39 is 0 Å². The molecule has 1 fully saturated rings. The molecule has 2 aromatic carbocycles. The summed E-state index contributed by atoms with van der Waals surface area (Å²) in [6.07, 6.45) is 5.28. The molecule has 0 bridgehead atoms. The lowest BCUT2D eigenvalue weighted by atomic mass is 10.1. The van der Waals surface area contributed by atoms with Gasteiger partial charge in [-0.25, -0.2) is 15.0 Å². The lowest BCUT2D eigenvalue weighted by Gasteiger charge is -2.20. The van der Waals surface area contributed by atoms with E-state index in [2.05, 4.69) is 28.8 Å². The van der Waals surface area contributed by atoms with E-state index in [-0.39, 0.29) is 18.4 Å². The van der Waals surface area contributed by atoms with Crippen molar-refractivity contribution in [1.29, 1.82) is 0 Å². The fourth-order valence-electron chi connectivity index (χ4n) is 3.94.